The summed E-state index contributed by atoms with van der Waals surface area (Å²) in [6, 6.07) is 1.74. The van der Waals surface area contributed by atoms with Crippen LogP contribution >= 0.6 is 27.3 Å². The van der Waals surface area contributed by atoms with Crippen LogP contribution in [0.15, 0.2) is 14.1 Å². The minimum atomic E-state index is -3.25. The van der Waals surface area contributed by atoms with E-state index in [1.165, 1.54) is 11.3 Å². The fourth-order valence-electron chi connectivity index (χ4n) is 1.80. The second-order valence-electron chi connectivity index (χ2n) is 4.28. The summed E-state index contributed by atoms with van der Waals surface area (Å²) in [5.41, 5.74) is 0.982. The van der Waals surface area contributed by atoms with E-state index in [2.05, 4.69) is 22.9 Å². The third kappa shape index (κ3) is 2.20. The van der Waals surface area contributed by atoms with Crippen LogP contribution in [0.2, 0.25) is 0 Å². The number of aryl methyl sites for hydroxylation is 1. The van der Waals surface area contributed by atoms with E-state index < -0.39 is 10.0 Å². The number of halogens is 1. The van der Waals surface area contributed by atoms with Crippen LogP contribution in [-0.2, 0) is 10.0 Å². The van der Waals surface area contributed by atoms with Gasteiger partial charge in [-0.3, -0.25) is 0 Å². The van der Waals surface area contributed by atoms with Gasteiger partial charge in [0.2, 0.25) is 0 Å². The quantitative estimate of drug-likeness (QED) is 0.839. The molecule has 1 unspecified atom stereocenters. The van der Waals surface area contributed by atoms with Gasteiger partial charge in [0, 0.05) is 13.1 Å². The van der Waals surface area contributed by atoms with Gasteiger partial charge in [-0.1, -0.05) is 6.92 Å². The van der Waals surface area contributed by atoms with Crippen molar-refractivity contribution in [3.05, 3.63) is 15.4 Å². The summed E-state index contributed by atoms with van der Waals surface area (Å²) in [4.78, 5) is 0. The molecule has 0 N–H and O–H groups in total. The van der Waals surface area contributed by atoms with Crippen molar-refractivity contribution in [3.63, 3.8) is 0 Å². The Labute approximate surface area is 109 Å². The monoisotopic (exact) mass is 323 g/mol. The highest BCUT2D eigenvalue weighted by Gasteiger charge is 2.31. The van der Waals surface area contributed by atoms with Crippen LogP contribution in [0.4, 0.5) is 0 Å². The molecule has 0 saturated carbocycles. The Morgan fingerprint density at radius 2 is 2.25 bits per heavy atom. The largest absolute Gasteiger partial charge is 0.252 e. The predicted molar refractivity (Wildman–Crippen MR) is 69.3 cm³/mol. The van der Waals surface area contributed by atoms with Crippen molar-refractivity contribution in [3.8, 4) is 0 Å². The average molecular weight is 324 g/mol. The lowest BCUT2D eigenvalue weighted by Gasteiger charge is -2.14. The Morgan fingerprint density at radius 1 is 1.56 bits per heavy atom. The van der Waals surface area contributed by atoms with Gasteiger partial charge in [0.1, 0.15) is 4.21 Å². The molecule has 1 aliphatic rings. The number of hydrogen-bond acceptors (Lipinski definition) is 3. The minimum Gasteiger partial charge on any atom is -0.206 e. The zero-order valence-corrected chi connectivity index (χ0v) is 12.5. The molecule has 1 atom stereocenters. The van der Waals surface area contributed by atoms with E-state index in [0.717, 1.165) is 15.8 Å². The highest BCUT2D eigenvalue weighted by molar-refractivity contribution is 9.11. The molecule has 1 aromatic heterocycles. The molecule has 1 aromatic rings. The van der Waals surface area contributed by atoms with E-state index in [4.69, 9.17) is 0 Å². The molecule has 0 aliphatic carbocycles. The van der Waals surface area contributed by atoms with Gasteiger partial charge >= 0.3 is 0 Å². The Kier molecular flexibility index (Phi) is 3.45. The topological polar surface area (TPSA) is 37.4 Å². The van der Waals surface area contributed by atoms with Crippen molar-refractivity contribution < 1.29 is 8.42 Å². The summed E-state index contributed by atoms with van der Waals surface area (Å²) in [5, 5.41) is 0. The lowest BCUT2D eigenvalue weighted by molar-refractivity contribution is 0.466. The van der Waals surface area contributed by atoms with Gasteiger partial charge in [0.05, 0.1) is 3.79 Å². The van der Waals surface area contributed by atoms with E-state index >= 15 is 0 Å². The maximum atomic E-state index is 12.3. The zero-order chi connectivity index (χ0) is 11.9. The van der Waals surface area contributed by atoms with Crippen molar-refractivity contribution in [2.24, 2.45) is 5.92 Å². The maximum absolute atomic E-state index is 12.3. The van der Waals surface area contributed by atoms with E-state index in [1.54, 1.807) is 10.4 Å². The van der Waals surface area contributed by atoms with Crippen LogP contribution < -0.4 is 0 Å². The summed E-state index contributed by atoms with van der Waals surface area (Å²) in [6.45, 7) is 5.30. The second-order valence-corrected chi connectivity index (χ2v) is 8.81. The Bertz CT molecular complexity index is 475. The second kappa shape index (κ2) is 4.40. The van der Waals surface area contributed by atoms with Gasteiger partial charge in [-0.15, -0.1) is 11.3 Å². The van der Waals surface area contributed by atoms with Gasteiger partial charge in [-0.2, -0.15) is 4.31 Å². The molecule has 16 heavy (non-hydrogen) atoms. The number of sulfonamides is 1. The first kappa shape index (κ1) is 12.5. The summed E-state index contributed by atoms with van der Waals surface area (Å²) >= 11 is 4.66. The summed E-state index contributed by atoms with van der Waals surface area (Å²) in [5.74, 6) is 0.472. The number of thiophene rings is 1. The lowest BCUT2D eigenvalue weighted by Crippen LogP contribution is -2.27. The molecule has 1 saturated heterocycles. The fourth-order valence-corrected chi connectivity index (χ4v) is 5.75. The van der Waals surface area contributed by atoms with Crippen molar-refractivity contribution >= 4 is 37.3 Å². The third-order valence-corrected chi connectivity index (χ3v) is 7.27. The van der Waals surface area contributed by atoms with Gasteiger partial charge in [-0.25, -0.2) is 8.42 Å². The van der Waals surface area contributed by atoms with Crippen LogP contribution in [0.3, 0.4) is 0 Å². The van der Waals surface area contributed by atoms with Crippen molar-refractivity contribution in [2.75, 3.05) is 13.1 Å². The maximum Gasteiger partial charge on any atom is 0.252 e. The molecule has 90 valence electrons. The fraction of sp³-hybridized carbons (Fsp3) is 0.600. The normalized spacial score (nSPS) is 22.8. The Balaban J connectivity index is 2.32. The highest BCUT2D eigenvalue weighted by atomic mass is 79.9. The van der Waals surface area contributed by atoms with E-state index in [0.29, 0.717) is 23.2 Å². The molecule has 0 bridgehead atoms. The van der Waals surface area contributed by atoms with Crippen molar-refractivity contribution in [1.29, 1.82) is 0 Å². The van der Waals surface area contributed by atoms with E-state index in [9.17, 15) is 8.42 Å². The van der Waals surface area contributed by atoms with Gasteiger partial charge in [-0.05, 0) is 46.8 Å². The first-order valence-electron chi connectivity index (χ1n) is 5.17. The zero-order valence-electron chi connectivity index (χ0n) is 9.23. The van der Waals surface area contributed by atoms with Gasteiger partial charge in [0.15, 0.2) is 0 Å². The number of nitrogens with zero attached hydrogens (tertiary/aromatic N) is 1. The molecule has 0 radical (unpaired) electrons. The Hall–Kier alpha value is 0.0900. The predicted octanol–water partition coefficient (Wildman–Crippen LogP) is 2.85. The number of hydrogen-bond donors (Lipinski definition) is 0. The van der Waals surface area contributed by atoms with Crippen LogP contribution in [-0.4, -0.2) is 25.8 Å². The SMILES string of the molecule is Cc1cc(S(=O)(=O)N2CCC(C)C2)sc1Br. The molecule has 6 heteroatoms. The van der Waals surface area contributed by atoms with Crippen molar-refractivity contribution in [1.82, 2.24) is 4.31 Å². The third-order valence-electron chi connectivity index (χ3n) is 2.82. The molecule has 0 spiro atoms. The van der Waals surface area contributed by atoms with Crippen molar-refractivity contribution in [2.45, 2.75) is 24.5 Å². The smallest absolute Gasteiger partial charge is 0.206 e. The van der Waals surface area contributed by atoms with E-state index in [-0.39, 0.29) is 0 Å². The molecule has 0 aromatic carbocycles. The average Bonchev–Trinajstić information content (AvgIpc) is 2.75. The molecule has 2 heterocycles. The van der Waals surface area contributed by atoms with Crippen LogP contribution in [0.1, 0.15) is 18.9 Å². The summed E-state index contributed by atoms with van der Waals surface area (Å²) < 4.78 is 27.5. The summed E-state index contributed by atoms with van der Waals surface area (Å²) in [7, 11) is -3.25. The van der Waals surface area contributed by atoms with Gasteiger partial charge < -0.3 is 0 Å². The first-order chi connectivity index (χ1) is 7.41. The molecular formula is C10H14BrNO2S2. The first-order valence-corrected chi connectivity index (χ1v) is 8.22. The molecule has 0 amide bonds. The molecular weight excluding hydrogens is 310 g/mol. The van der Waals surface area contributed by atoms with Crippen LogP contribution in [0.5, 0.6) is 0 Å². The van der Waals surface area contributed by atoms with Gasteiger partial charge in [0.25, 0.3) is 10.0 Å². The molecule has 1 fully saturated rings. The molecule has 1 aliphatic heterocycles. The molecule has 3 nitrogen and oxygen atoms in total. The minimum absolute atomic E-state index is 0.450. The highest BCUT2D eigenvalue weighted by Crippen LogP contribution is 2.33. The van der Waals surface area contributed by atoms with Crippen LogP contribution in [0, 0.1) is 12.8 Å². The molecule has 2 rings (SSSR count). The number of rotatable bonds is 2. The van der Waals surface area contributed by atoms with E-state index in [1.807, 2.05) is 6.92 Å². The lowest BCUT2D eigenvalue weighted by atomic mass is 10.2. The standard InChI is InChI=1S/C10H14BrNO2S2/c1-7-3-4-12(6-7)16(13,14)9-5-8(2)10(11)15-9/h5,7H,3-4,6H2,1-2H3. The summed E-state index contributed by atoms with van der Waals surface area (Å²) in [6.07, 6.45) is 0.963. The van der Waals surface area contributed by atoms with Crippen LogP contribution in [0.25, 0.3) is 0 Å². The Morgan fingerprint density at radius 3 is 2.69 bits per heavy atom.